The minimum Gasteiger partial charge on any atom is -0.410 e. The van der Waals surface area contributed by atoms with Gasteiger partial charge in [0.15, 0.2) is 0 Å². The van der Waals surface area contributed by atoms with Crippen LogP contribution in [0.1, 0.15) is 31.7 Å². The summed E-state index contributed by atoms with van der Waals surface area (Å²) in [6.45, 7) is 6.50. The Balaban J connectivity index is 0.00000576. The van der Waals surface area contributed by atoms with Crippen molar-refractivity contribution in [2.24, 2.45) is 5.92 Å². The highest BCUT2D eigenvalue weighted by atomic mass is 35.5. The molecule has 0 radical (unpaired) electrons. The van der Waals surface area contributed by atoms with E-state index in [4.69, 9.17) is 9.47 Å². The fraction of sp³-hybridized carbons (Fsp3) is 0.632. The first-order valence-electron chi connectivity index (χ1n) is 8.55. The largest absolute Gasteiger partial charge is 0.415 e. The van der Waals surface area contributed by atoms with Crippen molar-refractivity contribution < 1.29 is 14.3 Å². The van der Waals surface area contributed by atoms with Crippen LogP contribution in [0.5, 0.6) is 5.75 Å². The maximum atomic E-state index is 12.1. The van der Waals surface area contributed by atoms with E-state index in [2.05, 4.69) is 38.9 Å². The standard InChI is InChI=1S/C19H32N2O3.ClH/c1-7-18(15(2)14-20(3)4)16-9-8-10-17(13-16)24-19(22)21(5)11-12-23-6;/h8-10,13,15,18H,7,11-12,14H2,1-6H3;1H/t15-,18+;/m0./s1. The topological polar surface area (TPSA) is 42.0 Å². The molecule has 25 heavy (non-hydrogen) atoms. The van der Waals surface area contributed by atoms with Gasteiger partial charge in [0.25, 0.3) is 0 Å². The number of rotatable bonds is 9. The molecule has 0 aliphatic rings. The summed E-state index contributed by atoms with van der Waals surface area (Å²) in [7, 11) is 7.51. The van der Waals surface area contributed by atoms with Crippen molar-refractivity contribution in [3.63, 3.8) is 0 Å². The molecule has 1 aromatic rings. The summed E-state index contributed by atoms with van der Waals surface area (Å²) in [6.07, 6.45) is 0.693. The second-order valence-electron chi connectivity index (χ2n) is 6.61. The molecule has 0 N–H and O–H groups in total. The molecule has 0 aliphatic carbocycles. The normalized spacial score (nSPS) is 13.1. The van der Waals surface area contributed by atoms with E-state index in [1.165, 1.54) is 10.5 Å². The van der Waals surface area contributed by atoms with Crippen LogP contribution in [0.4, 0.5) is 4.79 Å². The van der Waals surface area contributed by atoms with Crippen LogP contribution < -0.4 is 4.74 Å². The molecule has 0 aliphatic heterocycles. The number of likely N-dealkylation sites (N-methyl/N-ethyl adjacent to an activating group) is 1. The average Bonchev–Trinajstić information content (AvgIpc) is 2.52. The smallest absolute Gasteiger partial charge is 0.410 e. The van der Waals surface area contributed by atoms with Gasteiger partial charge >= 0.3 is 6.09 Å². The third-order valence-electron chi connectivity index (χ3n) is 4.21. The predicted molar refractivity (Wildman–Crippen MR) is 105 cm³/mol. The number of ether oxygens (including phenoxy) is 2. The van der Waals surface area contributed by atoms with Gasteiger partial charge in [-0.3, -0.25) is 0 Å². The zero-order valence-electron chi connectivity index (χ0n) is 16.3. The molecule has 0 aromatic heterocycles. The van der Waals surface area contributed by atoms with Crippen LogP contribution in [0.3, 0.4) is 0 Å². The summed E-state index contributed by atoms with van der Waals surface area (Å²) >= 11 is 0. The van der Waals surface area contributed by atoms with E-state index in [0.29, 0.717) is 30.7 Å². The van der Waals surface area contributed by atoms with Crippen molar-refractivity contribution in [3.05, 3.63) is 29.8 Å². The maximum absolute atomic E-state index is 12.1. The van der Waals surface area contributed by atoms with E-state index < -0.39 is 0 Å². The van der Waals surface area contributed by atoms with E-state index in [1.807, 2.05) is 18.2 Å². The summed E-state index contributed by atoms with van der Waals surface area (Å²) in [4.78, 5) is 15.8. The van der Waals surface area contributed by atoms with E-state index in [0.717, 1.165) is 13.0 Å². The number of methoxy groups -OCH3 is 1. The second-order valence-corrected chi connectivity index (χ2v) is 6.61. The van der Waals surface area contributed by atoms with Crippen LogP contribution in [-0.2, 0) is 4.74 Å². The Bertz CT molecular complexity index is 511. The molecule has 0 saturated carbocycles. The molecule has 0 fully saturated rings. The van der Waals surface area contributed by atoms with Crippen LogP contribution >= 0.6 is 12.4 Å². The summed E-state index contributed by atoms with van der Waals surface area (Å²) < 4.78 is 10.5. The molecule has 1 amide bonds. The first-order chi connectivity index (χ1) is 11.4. The first kappa shape index (κ1) is 23.7. The Morgan fingerprint density at radius 2 is 1.92 bits per heavy atom. The molecular formula is C19H33ClN2O3. The SMILES string of the molecule is CC[C@@H](c1cccc(OC(=O)N(C)CCOC)c1)[C@@H](C)CN(C)C.Cl. The number of nitrogens with zero attached hydrogens (tertiary/aromatic N) is 2. The summed E-state index contributed by atoms with van der Waals surface area (Å²) in [5, 5.41) is 0. The number of hydrogen-bond donors (Lipinski definition) is 0. The molecule has 0 spiro atoms. The third-order valence-corrected chi connectivity index (χ3v) is 4.21. The Kier molecular flexibility index (Phi) is 11.5. The van der Waals surface area contributed by atoms with E-state index in [-0.39, 0.29) is 18.5 Å². The molecule has 0 unspecified atom stereocenters. The van der Waals surface area contributed by atoms with Crippen molar-refractivity contribution in [1.29, 1.82) is 0 Å². The number of hydrogen-bond acceptors (Lipinski definition) is 4. The van der Waals surface area contributed by atoms with Crippen LogP contribution in [0, 0.1) is 5.92 Å². The van der Waals surface area contributed by atoms with Gasteiger partial charge in [-0.05, 0) is 50.0 Å². The minimum absolute atomic E-state index is 0. The molecule has 1 rings (SSSR count). The van der Waals surface area contributed by atoms with Gasteiger partial charge < -0.3 is 19.3 Å². The highest BCUT2D eigenvalue weighted by Crippen LogP contribution is 2.30. The number of amides is 1. The van der Waals surface area contributed by atoms with E-state index >= 15 is 0 Å². The van der Waals surface area contributed by atoms with Gasteiger partial charge in [-0.25, -0.2) is 4.79 Å². The molecule has 1 aromatic carbocycles. The van der Waals surface area contributed by atoms with Crippen molar-refractivity contribution >= 4 is 18.5 Å². The lowest BCUT2D eigenvalue weighted by molar-refractivity contribution is 0.135. The van der Waals surface area contributed by atoms with Crippen molar-refractivity contribution in [2.75, 3.05) is 47.9 Å². The molecular weight excluding hydrogens is 340 g/mol. The zero-order chi connectivity index (χ0) is 18.1. The van der Waals surface area contributed by atoms with Gasteiger partial charge in [0.2, 0.25) is 0 Å². The van der Waals surface area contributed by atoms with Gasteiger partial charge in [-0.1, -0.05) is 26.0 Å². The lowest BCUT2D eigenvalue weighted by Gasteiger charge is -2.26. The Hall–Kier alpha value is -1.30. The van der Waals surface area contributed by atoms with Crippen molar-refractivity contribution in [2.45, 2.75) is 26.2 Å². The Morgan fingerprint density at radius 1 is 1.24 bits per heavy atom. The van der Waals surface area contributed by atoms with Crippen LogP contribution in [0.15, 0.2) is 24.3 Å². The molecule has 0 saturated heterocycles. The van der Waals surface area contributed by atoms with Crippen LogP contribution in [0.2, 0.25) is 0 Å². The Labute approximate surface area is 158 Å². The zero-order valence-corrected chi connectivity index (χ0v) is 17.1. The van der Waals surface area contributed by atoms with Crippen LogP contribution in [-0.4, -0.2) is 63.8 Å². The van der Waals surface area contributed by atoms with E-state index in [1.54, 1.807) is 14.2 Å². The summed E-state index contributed by atoms with van der Waals surface area (Å²) in [5.74, 6) is 1.56. The van der Waals surface area contributed by atoms with Gasteiger partial charge in [-0.15, -0.1) is 12.4 Å². The molecule has 5 nitrogen and oxygen atoms in total. The predicted octanol–water partition coefficient (Wildman–Crippen LogP) is 3.88. The van der Waals surface area contributed by atoms with Gasteiger partial charge in [0.1, 0.15) is 5.75 Å². The lowest BCUT2D eigenvalue weighted by Crippen LogP contribution is -2.32. The van der Waals surface area contributed by atoms with Gasteiger partial charge in [0.05, 0.1) is 6.61 Å². The van der Waals surface area contributed by atoms with Crippen molar-refractivity contribution in [3.8, 4) is 5.75 Å². The maximum Gasteiger partial charge on any atom is 0.415 e. The highest BCUT2D eigenvalue weighted by Gasteiger charge is 2.19. The molecule has 2 atom stereocenters. The number of carbonyl (C=O) groups is 1. The minimum atomic E-state index is -0.362. The fourth-order valence-corrected chi connectivity index (χ4v) is 2.98. The monoisotopic (exact) mass is 372 g/mol. The molecule has 6 heteroatoms. The fourth-order valence-electron chi connectivity index (χ4n) is 2.98. The van der Waals surface area contributed by atoms with Crippen molar-refractivity contribution in [1.82, 2.24) is 9.80 Å². The Morgan fingerprint density at radius 3 is 2.48 bits per heavy atom. The number of carbonyl (C=O) groups excluding carboxylic acids is 1. The molecule has 144 valence electrons. The third kappa shape index (κ3) is 8.08. The number of halogens is 1. The second kappa shape index (κ2) is 12.1. The van der Waals surface area contributed by atoms with Gasteiger partial charge in [0, 0.05) is 27.2 Å². The first-order valence-corrected chi connectivity index (χ1v) is 8.55. The highest BCUT2D eigenvalue weighted by molar-refractivity contribution is 5.85. The lowest BCUT2D eigenvalue weighted by atomic mass is 9.85. The molecule has 0 bridgehead atoms. The van der Waals surface area contributed by atoms with E-state index in [9.17, 15) is 4.79 Å². The summed E-state index contributed by atoms with van der Waals surface area (Å²) in [5.41, 5.74) is 1.22. The quantitative estimate of drug-likeness (QED) is 0.659. The average molecular weight is 373 g/mol. The van der Waals surface area contributed by atoms with Gasteiger partial charge in [-0.2, -0.15) is 0 Å². The van der Waals surface area contributed by atoms with Crippen LogP contribution in [0.25, 0.3) is 0 Å². The number of benzene rings is 1. The molecule has 0 heterocycles. The summed E-state index contributed by atoms with van der Waals surface area (Å²) in [6, 6.07) is 7.89.